The molecule has 0 bridgehead atoms. The summed E-state index contributed by atoms with van der Waals surface area (Å²) in [5, 5.41) is 6.53. The predicted molar refractivity (Wildman–Crippen MR) is 148 cm³/mol. The second-order valence-electron chi connectivity index (χ2n) is 10.4. The van der Waals surface area contributed by atoms with Crippen LogP contribution < -0.4 is 10.6 Å². The molecular formula is C30H58N3O+. The lowest BCUT2D eigenvalue weighted by Gasteiger charge is -2.37. The van der Waals surface area contributed by atoms with Gasteiger partial charge in [0.25, 0.3) is 0 Å². The number of hydrogen-bond acceptors (Lipinski definition) is 2. The number of unbranched alkanes of at least 4 members (excludes halogenated alkanes) is 15. The highest BCUT2D eigenvalue weighted by molar-refractivity contribution is 5.72. The Balaban J connectivity index is 1.91. The molecule has 0 saturated heterocycles. The third kappa shape index (κ3) is 14.9. The molecule has 1 aliphatic rings. The number of carbonyl (C=O) groups is 1. The molecule has 1 amide bonds. The normalized spacial score (nSPS) is 19.7. The predicted octanol–water partition coefficient (Wildman–Crippen LogP) is 7.96. The van der Waals surface area contributed by atoms with Crippen molar-refractivity contribution in [1.29, 1.82) is 0 Å². The van der Waals surface area contributed by atoms with Gasteiger partial charge in [0, 0.05) is 13.3 Å². The lowest BCUT2D eigenvalue weighted by molar-refractivity contribution is -0.898. The number of amides is 1. The first-order chi connectivity index (χ1) is 16.6. The number of nitrogens with zero attached hydrogens (tertiary/aromatic N) is 1. The number of hydrogen-bond donors (Lipinski definition) is 2. The molecule has 2 unspecified atom stereocenters. The van der Waals surface area contributed by atoms with Crippen LogP contribution >= 0.6 is 0 Å². The molecular weight excluding hydrogens is 418 g/mol. The van der Waals surface area contributed by atoms with Crippen LogP contribution in [-0.2, 0) is 4.79 Å². The highest BCUT2D eigenvalue weighted by Gasteiger charge is 2.36. The third-order valence-corrected chi connectivity index (χ3v) is 7.51. The molecule has 2 N–H and O–H groups in total. The van der Waals surface area contributed by atoms with Gasteiger partial charge in [-0.2, -0.15) is 0 Å². The average Bonchev–Trinajstić information content (AvgIpc) is 3.23. The van der Waals surface area contributed by atoms with Gasteiger partial charge in [0.1, 0.15) is 12.7 Å². The monoisotopic (exact) mass is 476 g/mol. The molecule has 0 aromatic heterocycles. The summed E-state index contributed by atoms with van der Waals surface area (Å²) < 4.78 is 0.952. The Hall–Kier alpha value is -1.29. The smallest absolute Gasteiger partial charge is 0.217 e. The van der Waals surface area contributed by atoms with Gasteiger partial charge in [0.2, 0.25) is 5.91 Å². The Morgan fingerprint density at radius 3 is 1.88 bits per heavy atom. The first kappa shape index (κ1) is 30.7. The van der Waals surface area contributed by atoms with Gasteiger partial charge >= 0.3 is 0 Å². The average molecular weight is 477 g/mol. The van der Waals surface area contributed by atoms with E-state index in [-0.39, 0.29) is 5.91 Å². The van der Waals surface area contributed by atoms with Crippen LogP contribution in [0.4, 0.5) is 0 Å². The summed E-state index contributed by atoms with van der Waals surface area (Å²) in [4.78, 5) is 11.2. The number of allylic oxidation sites excluding steroid dienone is 2. The molecule has 4 heteroatoms. The van der Waals surface area contributed by atoms with Crippen LogP contribution in [0.25, 0.3) is 0 Å². The van der Waals surface area contributed by atoms with Crippen LogP contribution in [0.2, 0.25) is 0 Å². The second-order valence-corrected chi connectivity index (χ2v) is 10.4. The SMILES string of the molecule is CCCCCCCCC/C=C/CCCCCCCCCCC1NC=C[N+]1(CC)CCNC(C)=O. The van der Waals surface area contributed by atoms with E-state index in [1.54, 1.807) is 6.92 Å². The third-order valence-electron chi connectivity index (χ3n) is 7.51. The van der Waals surface area contributed by atoms with E-state index in [9.17, 15) is 4.79 Å². The van der Waals surface area contributed by atoms with E-state index in [4.69, 9.17) is 0 Å². The number of nitrogens with one attached hydrogen (secondary N) is 2. The molecule has 1 rings (SSSR count). The lowest BCUT2D eigenvalue weighted by Crippen LogP contribution is -2.55. The highest BCUT2D eigenvalue weighted by Crippen LogP contribution is 2.23. The molecule has 2 atom stereocenters. The minimum absolute atomic E-state index is 0.0669. The maximum atomic E-state index is 11.2. The molecule has 34 heavy (non-hydrogen) atoms. The van der Waals surface area contributed by atoms with Crippen molar-refractivity contribution in [3.05, 3.63) is 24.6 Å². The van der Waals surface area contributed by atoms with E-state index in [0.29, 0.717) is 6.17 Å². The zero-order chi connectivity index (χ0) is 24.7. The van der Waals surface area contributed by atoms with E-state index >= 15 is 0 Å². The van der Waals surface area contributed by atoms with Crippen LogP contribution in [0, 0.1) is 0 Å². The van der Waals surface area contributed by atoms with E-state index < -0.39 is 0 Å². The van der Waals surface area contributed by atoms with Crippen molar-refractivity contribution in [3.8, 4) is 0 Å². The quantitative estimate of drug-likeness (QED) is 0.0892. The summed E-state index contributed by atoms with van der Waals surface area (Å²) in [5.74, 6) is 0.0669. The highest BCUT2D eigenvalue weighted by atomic mass is 16.1. The van der Waals surface area contributed by atoms with Crippen LogP contribution in [0.3, 0.4) is 0 Å². The zero-order valence-electron chi connectivity index (χ0n) is 23.1. The maximum Gasteiger partial charge on any atom is 0.217 e. The Kier molecular flexibility index (Phi) is 19.0. The number of carbonyl (C=O) groups excluding carboxylic acids is 1. The van der Waals surface area contributed by atoms with Gasteiger partial charge in [0.05, 0.1) is 19.3 Å². The van der Waals surface area contributed by atoms with Gasteiger partial charge in [-0.25, -0.2) is 0 Å². The fraction of sp³-hybridized carbons (Fsp3) is 0.833. The van der Waals surface area contributed by atoms with Crippen LogP contribution in [0.1, 0.15) is 136 Å². The number of likely N-dealkylation sites (N-methyl/N-ethyl adjacent to an activating group) is 1. The number of quaternary nitrogens is 1. The topological polar surface area (TPSA) is 41.1 Å². The Morgan fingerprint density at radius 1 is 0.824 bits per heavy atom. The molecule has 4 nitrogen and oxygen atoms in total. The molecule has 198 valence electrons. The summed E-state index contributed by atoms with van der Waals surface area (Å²) in [6, 6.07) is 0. The molecule has 0 fully saturated rings. The minimum Gasteiger partial charge on any atom is -0.351 e. The Morgan fingerprint density at radius 2 is 1.35 bits per heavy atom. The summed E-state index contributed by atoms with van der Waals surface area (Å²) >= 11 is 0. The molecule has 0 saturated carbocycles. The lowest BCUT2D eigenvalue weighted by atomic mass is 10.0. The standard InChI is InChI=1S/C30H57N3O/c1-4-6-7-8-9-10-11-12-13-14-15-16-17-18-19-20-21-22-23-24-30-32-26-28-33(30,5-2)27-25-31-29(3)34/h13-14,26,28,30,32H,4-12,15-25,27H2,1-3H3/p+1/b14-13+. The molecule has 0 aliphatic carbocycles. The van der Waals surface area contributed by atoms with Gasteiger partial charge in [-0.05, 0) is 39.0 Å². The van der Waals surface area contributed by atoms with Gasteiger partial charge in [-0.1, -0.05) is 96.1 Å². The van der Waals surface area contributed by atoms with Gasteiger partial charge in [0.15, 0.2) is 6.17 Å². The summed E-state index contributed by atoms with van der Waals surface area (Å²) in [6.07, 6.45) is 34.3. The van der Waals surface area contributed by atoms with E-state index in [2.05, 4.69) is 49.0 Å². The van der Waals surface area contributed by atoms with Gasteiger partial charge < -0.3 is 10.6 Å². The van der Waals surface area contributed by atoms with Crippen LogP contribution in [0.5, 0.6) is 0 Å². The van der Waals surface area contributed by atoms with Crippen molar-refractivity contribution in [2.45, 2.75) is 143 Å². The van der Waals surface area contributed by atoms with Crippen molar-refractivity contribution < 1.29 is 9.28 Å². The van der Waals surface area contributed by atoms with Crippen LogP contribution in [0.15, 0.2) is 24.6 Å². The summed E-state index contributed by atoms with van der Waals surface area (Å²) in [5.41, 5.74) is 0. The summed E-state index contributed by atoms with van der Waals surface area (Å²) in [6.45, 7) is 8.93. The first-order valence-corrected chi connectivity index (χ1v) is 14.8. The maximum absolute atomic E-state index is 11.2. The van der Waals surface area contributed by atoms with Crippen LogP contribution in [-0.4, -0.2) is 36.2 Å². The van der Waals surface area contributed by atoms with Gasteiger partial charge in [-0.3, -0.25) is 9.28 Å². The number of rotatable bonds is 23. The summed E-state index contributed by atoms with van der Waals surface area (Å²) in [7, 11) is 0. The fourth-order valence-corrected chi connectivity index (χ4v) is 5.17. The second kappa shape index (κ2) is 21.0. The van der Waals surface area contributed by atoms with Crippen molar-refractivity contribution in [1.82, 2.24) is 10.6 Å². The molecule has 0 radical (unpaired) electrons. The minimum atomic E-state index is 0.0669. The van der Waals surface area contributed by atoms with E-state index in [1.807, 2.05) is 0 Å². The zero-order valence-corrected chi connectivity index (χ0v) is 23.1. The van der Waals surface area contributed by atoms with Crippen molar-refractivity contribution in [2.24, 2.45) is 0 Å². The fourth-order valence-electron chi connectivity index (χ4n) is 5.17. The van der Waals surface area contributed by atoms with E-state index in [0.717, 1.165) is 24.1 Å². The molecule has 0 aromatic rings. The van der Waals surface area contributed by atoms with E-state index in [1.165, 1.54) is 116 Å². The van der Waals surface area contributed by atoms with Crippen molar-refractivity contribution in [3.63, 3.8) is 0 Å². The van der Waals surface area contributed by atoms with Gasteiger partial charge in [-0.15, -0.1) is 0 Å². The van der Waals surface area contributed by atoms with Crippen molar-refractivity contribution in [2.75, 3.05) is 19.6 Å². The molecule has 1 aliphatic heterocycles. The molecule has 0 aromatic carbocycles. The molecule has 0 spiro atoms. The first-order valence-electron chi connectivity index (χ1n) is 14.8. The Labute approximate surface area is 212 Å². The molecule has 1 heterocycles. The largest absolute Gasteiger partial charge is 0.351 e. The Bertz CT molecular complexity index is 545. The van der Waals surface area contributed by atoms with Crippen molar-refractivity contribution >= 4 is 5.91 Å².